The highest BCUT2D eigenvalue weighted by Crippen LogP contribution is 2.35. The minimum atomic E-state index is 0.0943. The summed E-state index contributed by atoms with van der Waals surface area (Å²) >= 11 is 12.3. The largest absolute Gasteiger partial charge is 0.271 e. The fourth-order valence-electron chi connectivity index (χ4n) is 2.82. The summed E-state index contributed by atoms with van der Waals surface area (Å²) in [4.78, 5) is 0. The number of hydrogen-bond acceptors (Lipinski definition) is 2. The maximum Gasteiger partial charge on any atom is 0.0640 e. The molecule has 0 spiro atoms. The zero-order chi connectivity index (χ0) is 13.0. The highest BCUT2D eigenvalue weighted by molar-refractivity contribution is 6.42. The Balaban J connectivity index is 2.00. The van der Waals surface area contributed by atoms with Gasteiger partial charge in [0.1, 0.15) is 0 Å². The molecule has 0 aromatic heterocycles. The van der Waals surface area contributed by atoms with Gasteiger partial charge < -0.3 is 0 Å². The maximum absolute atomic E-state index is 6.23. The van der Waals surface area contributed by atoms with Crippen molar-refractivity contribution in [3.8, 4) is 0 Å². The van der Waals surface area contributed by atoms with Gasteiger partial charge in [-0.1, -0.05) is 61.0 Å². The molecule has 1 saturated carbocycles. The first-order valence-corrected chi connectivity index (χ1v) is 7.38. The van der Waals surface area contributed by atoms with Crippen molar-refractivity contribution in [2.75, 3.05) is 0 Å². The zero-order valence-corrected chi connectivity index (χ0v) is 12.0. The van der Waals surface area contributed by atoms with Crippen molar-refractivity contribution in [1.29, 1.82) is 0 Å². The molecule has 1 atom stereocenters. The summed E-state index contributed by atoms with van der Waals surface area (Å²) in [6.45, 7) is 0. The molecule has 18 heavy (non-hydrogen) atoms. The zero-order valence-electron chi connectivity index (χ0n) is 10.5. The minimum Gasteiger partial charge on any atom is -0.271 e. The highest BCUT2D eigenvalue weighted by atomic mass is 35.5. The Hall–Kier alpha value is -0.280. The molecule has 1 aliphatic carbocycles. The van der Waals surface area contributed by atoms with Gasteiger partial charge >= 0.3 is 0 Å². The minimum absolute atomic E-state index is 0.0943. The van der Waals surface area contributed by atoms with Crippen LogP contribution in [0.5, 0.6) is 0 Å². The number of benzene rings is 1. The molecule has 100 valence electrons. The van der Waals surface area contributed by atoms with Crippen molar-refractivity contribution in [3.05, 3.63) is 33.8 Å². The van der Waals surface area contributed by atoms with Crippen LogP contribution in [0.25, 0.3) is 0 Å². The molecule has 1 aliphatic rings. The van der Waals surface area contributed by atoms with Gasteiger partial charge in [0.25, 0.3) is 0 Å². The van der Waals surface area contributed by atoms with E-state index in [1.165, 1.54) is 32.1 Å². The topological polar surface area (TPSA) is 38.0 Å². The molecule has 0 saturated heterocycles. The quantitative estimate of drug-likeness (QED) is 0.619. The monoisotopic (exact) mass is 286 g/mol. The van der Waals surface area contributed by atoms with Crippen LogP contribution in [0.1, 0.15) is 50.1 Å². The van der Waals surface area contributed by atoms with Crippen LogP contribution in [0.3, 0.4) is 0 Å². The number of nitrogens with two attached hydrogens (primary N) is 1. The van der Waals surface area contributed by atoms with Crippen molar-refractivity contribution in [1.82, 2.24) is 5.43 Å². The first-order chi connectivity index (χ1) is 8.72. The molecule has 1 aromatic rings. The number of hydrazine groups is 1. The van der Waals surface area contributed by atoms with Gasteiger partial charge in [-0.25, -0.2) is 0 Å². The fourth-order valence-corrected chi connectivity index (χ4v) is 3.26. The van der Waals surface area contributed by atoms with Crippen LogP contribution in [0, 0.1) is 5.92 Å². The first-order valence-electron chi connectivity index (χ1n) is 6.62. The normalized spacial score (nSPS) is 18.2. The predicted molar refractivity (Wildman–Crippen MR) is 77.7 cm³/mol. The molecule has 3 N–H and O–H groups in total. The van der Waals surface area contributed by atoms with Crippen molar-refractivity contribution < 1.29 is 0 Å². The van der Waals surface area contributed by atoms with E-state index in [1.807, 2.05) is 12.1 Å². The summed E-state index contributed by atoms with van der Waals surface area (Å²) in [5, 5.41) is 1.21. The standard InChI is InChI=1S/C14H20Cl2N2/c15-12-7-3-6-11(14(12)16)13(18-17)9-8-10-4-1-2-5-10/h3,6-7,10,13,18H,1-2,4-5,8-9,17H2. The van der Waals surface area contributed by atoms with Crippen LogP contribution in [-0.4, -0.2) is 0 Å². The summed E-state index contributed by atoms with van der Waals surface area (Å²) in [5.41, 5.74) is 3.87. The van der Waals surface area contributed by atoms with Gasteiger partial charge in [0.2, 0.25) is 0 Å². The summed E-state index contributed by atoms with van der Waals surface area (Å²) in [7, 11) is 0. The molecule has 0 bridgehead atoms. The molecular weight excluding hydrogens is 267 g/mol. The van der Waals surface area contributed by atoms with Crippen molar-refractivity contribution in [2.24, 2.45) is 11.8 Å². The molecule has 0 aliphatic heterocycles. The van der Waals surface area contributed by atoms with E-state index in [1.54, 1.807) is 6.07 Å². The lowest BCUT2D eigenvalue weighted by atomic mass is 9.95. The molecule has 1 unspecified atom stereocenters. The Morgan fingerprint density at radius 2 is 2.00 bits per heavy atom. The Morgan fingerprint density at radius 1 is 1.28 bits per heavy atom. The molecule has 0 heterocycles. The predicted octanol–water partition coefficient (Wildman–Crippen LogP) is 4.47. The van der Waals surface area contributed by atoms with Gasteiger partial charge in [0, 0.05) is 6.04 Å². The Morgan fingerprint density at radius 3 is 2.67 bits per heavy atom. The lowest BCUT2D eigenvalue weighted by Gasteiger charge is -2.20. The lowest BCUT2D eigenvalue weighted by Crippen LogP contribution is -2.28. The molecule has 0 amide bonds. The molecule has 0 radical (unpaired) electrons. The van der Waals surface area contributed by atoms with Crippen molar-refractivity contribution in [3.63, 3.8) is 0 Å². The molecule has 2 nitrogen and oxygen atoms in total. The van der Waals surface area contributed by atoms with Gasteiger partial charge in [0.05, 0.1) is 10.0 Å². The molecule has 4 heteroatoms. The SMILES string of the molecule is NNC(CCC1CCCC1)c1cccc(Cl)c1Cl. The number of hydrogen-bond donors (Lipinski definition) is 2. The molecule has 2 rings (SSSR count). The fraction of sp³-hybridized carbons (Fsp3) is 0.571. The first kappa shape index (κ1) is 14.1. The second kappa shape index (κ2) is 6.76. The summed E-state index contributed by atoms with van der Waals surface area (Å²) in [6, 6.07) is 5.81. The van der Waals surface area contributed by atoms with E-state index in [0.29, 0.717) is 10.0 Å². The Bertz CT molecular complexity index is 389. The maximum atomic E-state index is 6.23. The lowest BCUT2D eigenvalue weighted by molar-refractivity contribution is 0.416. The number of halogens is 2. The number of nitrogens with one attached hydrogen (secondary N) is 1. The van der Waals surface area contributed by atoms with Crippen LogP contribution in [0.2, 0.25) is 10.0 Å². The van der Waals surface area contributed by atoms with E-state index in [0.717, 1.165) is 17.9 Å². The third kappa shape index (κ3) is 3.39. The summed E-state index contributed by atoms with van der Waals surface area (Å²) in [5.74, 6) is 6.52. The molecule has 1 aromatic carbocycles. The van der Waals surface area contributed by atoms with Gasteiger partial charge in [-0.2, -0.15) is 0 Å². The van der Waals surface area contributed by atoms with Crippen molar-refractivity contribution in [2.45, 2.75) is 44.6 Å². The van der Waals surface area contributed by atoms with E-state index in [9.17, 15) is 0 Å². The van der Waals surface area contributed by atoms with Crippen LogP contribution in [0.4, 0.5) is 0 Å². The van der Waals surface area contributed by atoms with Crippen LogP contribution in [0.15, 0.2) is 18.2 Å². The van der Waals surface area contributed by atoms with Crippen LogP contribution >= 0.6 is 23.2 Å². The third-order valence-corrected chi connectivity index (χ3v) is 4.73. The Kier molecular flexibility index (Phi) is 5.31. The van der Waals surface area contributed by atoms with Crippen LogP contribution < -0.4 is 11.3 Å². The van der Waals surface area contributed by atoms with Gasteiger partial charge in [-0.05, 0) is 30.4 Å². The van der Waals surface area contributed by atoms with E-state index in [-0.39, 0.29) is 6.04 Å². The summed E-state index contributed by atoms with van der Waals surface area (Å²) in [6.07, 6.45) is 7.70. The van der Waals surface area contributed by atoms with Crippen molar-refractivity contribution >= 4 is 23.2 Å². The third-order valence-electron chi connectivity index (χ3n) is 3.90. The van der Waals surface area contributed by atoms with Gasteiger partial charge in [-0.15, -0.1) is 0 Å². The van der Waals surface area contributed by atoms with E-state index >= 15 is 0 Å². The molecular formula is C14H20Cl2N2. The average Bonchev–Trinajstić information content (AvgIpc) is 2.88. The second-order valence-corrected chi connectivity index (χ2v) is 5.88. The second-order valence-electron chi connectivity index (χ2n) is 5.09. The van der Waals surface area contributed by atoms with Gasteiger partial charge in [-0.3, -0.25) is 11.3 Å². The van der Waals surface area contributed by atoms with E-state index < -0.39 is 0 Å². The summed E-state index contributed by atoms with van der Waals surface area (Å²) < 4.78 is 0. The smallest absolute Gasteiger partial charge is 0.0640 e. The number of rotatable bonds is 5. The molecule has 1 fully saturated rings. The average molecular weight is 287 g/mol. The van der Waals surface area contributed by atoms with Crippen LogP contribution in [-0.2, 0) is 0 Å². The van der Waals surface area contributed by atoms with E-state index in [2.05, 4.69) is 5.43 Å². The Labute approximate surface area is 119 Å². The highest BCUT2D eigenvalue weighted by Gasteiger charge is 2.19. The van der Waals surface area contributed by atoms with Gasteiger partial charge in [0.15, 0.2) is 0 Å². The van der Waals surface area contributed by atoms with E-state index in [4.69, 9.17) is 29.0 Å².